The highest BCUT2D eigenvalue weighted by atomic mass is 35.5. The van der Waals surface area contributed by atoms with Gasteiger partial charge in [0, 0.05) is 0 Å². The summed E-state index contributed by atoms with van der Waals surface area (Å²) in [6.07, 6.45) is 6.53. The monoisotopic (exact) mass is 300 g/mol. The molecule has 1 nitrogen and oxygen atoms in total. The quantitative estimate of drug-likeness (QED) is 0.599. The van der Waals surface area contributed by atoms with Crippen molar-refractivity contribution in [3.8, 4) is 11.5 Å². The van der Waals surface area contributed by atoms with E-state index in [1.807, 2.05) is 42.5 Å². The van der Waals surface area contributed by atoms with Gasteiger partial charge in [-0.15, -0.1) is 11.6 Å². The van der Waals surface area contributed by atoms with Gasteiger partial charge in [0.15, 0.2) is 0 Å². The number of benzene rings is 2. The molecule has 2 aromatic rings. The normalized spacial score (nSPS) is 17.4. The molecule has 3 rings (SSSR count). The summed E-state index contributed by atoms with van der Waals surface area (Å²) in [4.78, 5) is 0. The Bertz CT molecular complexity index is 544. The van der Waals surface area contributed by atoms with Gasteiger partial charge in [-0.3, -0.25) is 0 Å². The highest BCUT2D eigenvalue weighted by Gasteiger charge is 2.23. The van der Waals surface area contributed by atoms with Crippen LogP contribution >= 0.6 is 11.6 Å². The highest BCUT2D eigenvalue weighted by molar-refractivity contribution is 6.21. The molecule has 1 fully saturated rings. The number of hydrogen-bond donors (Lipinski definition) is 0. The second-order valence-electron chi connectivity index (χ2n) is 5.78. The molecule has 1 aliphatic carbocycles. The molecule has 2 heteroatoms. The van der Waals surface area contributed by atoms with Gasteiger partial charge in [-0.2, -0.15) is 0 Å². The van der Waals surface area contributed by atoms with Gasteiger partial charge in [-0.1, -0.05) is 49.6 Å². The maximum atomic E-state index is 6.66. The van der Waals surface area contributed by atoms with Crippen LogP contribution in [0, 0.1) is 5.92 Å². The standard InChI is InChI=1S/C19H21ClO/c20-19(15-7-3-1-4-8-15)16-11-13-18(14-12-16)21-17-9-5-2-6-10-17/h2,5-6,9-15,19H,1,3-4,7-8H2. The molecule has 0 aromatic heterocycles. The lowest BCUT2D eigenvalue weighted by Gasteiger charge is -2.26. The molecular formula is C19H21ClO. The minimum Gasteiger partial charge on any atom is -0.457 e. The first kappa shape index (κ1) is 14.5. The first-order chi connectivity index (χ1) is 10.3. The fourth-order valence-electron chi connectivity index (χ4n) is 3.04. The predicted molar refractivity (Wildman–Crippen MR) is 88.1 cm³/mol. The van der Waals surface area contributed by atoms with Crippen LogP contribution in [0.5, 0.6) is 11.5 Å². The molecule has 0 bridgehead atoms. The smallest absolute Gasteiger partial charge is 0.127 e. The van der Waals surface area contributed by atoms with Crippen LogP contribution < -0.4 is 4.74 Å². The van der Waals surface area contributed by atoms with Crippen LogP contribution in [0.3, 0.4) is 0 Å². The summed E-state index contributed by atoms with van der Waals surface area (Å²) < 4.78 is 5.82. The minimum absolute atomic E-state index is 0.135. The molecule has 21 heavy (non-hydrogen) atoms. The molecule has 0 spiro atoms. The second-order valence-corrected chi connectivity index (χ2v) is 6.25. The number of hydrogen-bond acceptors (Lipinski definition) is 1. The van der Waals surface area contributed by atoms with E-state index in [2.05, 4.69) is 12.1 Å². The number of ether oxygens (including phenoxy) is 1. The molecule has 0 N–H and O–H groups in total. The number of halogens is 1. The summed E-state index contributed by atoms with van der Waals surface area (Å²) >= 11 is 6.66. The van der Waals surface area contributed by atoms with E-state index in [1.165, 1.54) is 37.7 Å². The molecule has 0 saturated heterocycles. The van der Waals surface area contributed by atoms with Gasteiger partial charge >= 0.3 is 0 Å². The van der Waals surface area contributed by atoms with Crippen molar-refractivity contribution in [1.29, 1.82) is 0 Å². The predicted octanol–water partition coefficient (Wildman–Crippen LogP) is 6.34. The summed E-state index contributed by atoms with van der Waals surface area (Å²) in [7, 11) is 0. The lowest BCUT2D eigenvalue weighted by Crippen LogP contribution is -2.12. The second kappa shape index (κ2) is 7.00. The van der Waals surface area contributed by atoms with Gasteiger partial charge in [0.25, 0.3) is 0 Å². The van der Waals surface area contributed by atoms with E-state index in [-0.39, 0.29) is 5.38 Å². The molecule has 1 atom stereocenters. The fraction of sp³-hybridized carbons (Fsp3) is 0.368. The summed E-state index contributed by atoms with van der Waals surface area (Å²) in [5.41, 5.74) is 1.21. The van der Waals surface area contributed by atoms with E-state index in [0.29, 0.717) is 5.92 Å². The molecule has 0 aliphatic heterocycles. The zero-order valence-electron chi connectivity index (χ0n) is 12.2. The van der Waals surface area contributed by atoms with E-state index in [4.69, 9.17) is 16.3 Å². The number of rotatable bonds is 4. The van der Waals surface area contributed by atoms with Crippen LogP contribution in [0.1, 0.15) is 43.0 Å². The minimum atomic E-state index is 0.135. The zero-order chi connectivity index (χ0) is 14.5. The van der Waals surface area contributed by atoms with Gasteiger partial charge in [-0.25, -0.2) is 0 Å². The molecule has 1 saturated carbocycles. The molecular weight excluding hydrogens is 280 g/mol. The third-order valence-corrected chi connectivity index (χ3v) is 4.85. The number of alkyl halides is 1. The Labute approximate surface area is 131 Å². The maximum absolute atomic E-state index is 6.66. The van der Waals surface area contributed by atoms with E-state index < -0.39 is 0 Å². The van der Waals surface area contributed by atoms with Crippen molar-refractivity contribution in [3.63, 3.8) is 0 Å². The Kier molecular flexibility index (Phi) is 4.82. The Morgan fingerprint density at radius 3 is 2.10 bits per heavy atom. The topological polar surface area (TPSA) is 9.23 Å². The zero-order valence-corrected chi connectivity index (χ0v) is 12.9. The molecule has 0 amide bonds. The van der Waals surface area contributed by atoms with Crippen molar-refractivity contribution in [2.45, 2.75) is 37.5 Å². The third kappa shape index (κ3) is 3.79. The average molecular weight is 301 g/mol. The largest absolute Gasteiger partial charge is 0.457 e. The summed E-state index contributed by atoms with van der Waals surface area (Å²) in [5.74, 6) is 2.35. The summed E-state index contributed by atoms with van der Waals surface area (Å²) in [5, 5.41) is 0.135. The molecule has 110 valence electrons. The summed E-state index contributed by atoms with van der Waals surface area (Å²) in [6.45, 7) is 0. The van der Waals surface area contributed by atoms with E-state index in [0.717, 1.165) is 11.5 Å². The van der Waals surface area contributed by atoms with Crippen molar-refractivity contribution in [2.75, 3.05) is 0 Å². The molecule has 0 radical (unpaired) electrons. The lowest BCUT2D eigenvalue weighted by atomic mass is 9.84. The van der Waals surface area contributed by atoms with Crippen molar-refractivity contribution in [3.05, 3.63) is 60.2 Å². The van der Waals surface area contributed by atoms with E-state index in [1.54, 1.807) is 0 Å². The first-order valence-electron chi connectivity index (χ1n) is 7.80. The molecule has 1 unspecified atom stereocenters. The van der Waals surface area contributed by atoms with Crippen LogP contribution in [0.2, 0.25) is 0 Å². The van der Waals surface area contributed by atoms with Crippen LogP contribution in [-0.2, 0) is 0 Å². The molecule has 0 heterocycles. The Morgan fingerprint density at radius 2 is 1.43 bits per heavy atom. The van der Waals surface area contributed by atoms with Crippen molar-refractivity contribution in [1.82, 2.24) is 0 Å². The van der Waals surface area contributed by atoms with Crippen LogP contribution in [0.25, 0.3) is 0 Å². The Morgan fingerprint density at radius 1 is 0.810 bits per heavy atom. The SMILES string of the molecule is ClC(c1ccc(Oc2ccccc2)cc1)C1CCCCC1. The van der Waals surface area contributed by atoms with Gasteiger partial charge in [0.2, 0.25) is 0 Å². The Hall–Kier alpha value is -1.47. The van der Waals surface area contributed by atoms with Gasteiger partial charge in [0.05, 0.1) is 5.38 Å². The van der Waals surface area contributed by atoms with Crippen molar-refractivity contribution < 1.29 is 4.74 Å². The lowest BCUT2D eigenvalue weighted by molar-refractivity contribution is 0.348. The average Bonchev–Trinajstić information content (AvgIpc) is 2.57. The Balaban J connectivity index is 1.66. The fourth-order valence-corrected chi connectivity index (χ4v) is 3.44. The van der Waals surface area contributed by atoms with Gasteiger partial charge < -0.3 is 4.74 Å². The summed E-state index contributed by atoms with van der Waals surface area (Å²) in [6, 6.07) is 18.1. The van der Waals surface area contributed by atoms with Crippen LogP contribution in [-0.4, -0.2) is 0 Å². The maximum Gasteiger partial charge on any atom is 0.127 e. The van der Waals surface area contributed by atoms with Gasteiger partial charge in [0.1, 0.15) is 11.5 Å². The van der Waals surface area contributed by atoms with Gasteiger partial charge in [-0.05, 0) is 48.6 Å². The van der Waals surface area contributed by atoms with Crippen molar-refractivity contribution >= 4 is 11.6 Å². The van der Waals surface area contributed by atoms with E-state index >= 15 is 0 Å². The third-order valence-electron chi connectivity index (χ3n) is 4.24. The molecule has 1 aliphatic rings. The molecule has 2 aromatic carbocycles. The highest BCUT2D eigenvalue weighted by Crippen LogP contribution is 2.39. The van der Waals surface area contributed by atoms with E-state index in [9.17, 15) is 0 Å². The first-order valence-corrected chi connectivity index (χ1v) is 8.23. The van der Waals surface area contributed by atoms with Crippen LogP contribution in [0.4, 0.5) is 0 Å². The van der Waals surface area contributed by atoms with Crippen molar-refractivity contribution in [2.24, 2.45) is 5.92 Å². The number of para-hydroxylation sites is 1. The van der Waals surface area contributed by atoms with Crippen LogP contribution in [0.15, 0.2) is 54.6 Å².